The Hall–Kier alpha value is -5.45. The zero-order chi connectivity index (χ0) is 41.8. The molecule has 3 saturated carbocycles. The molecular formula is C43H48FN5O10S. The Bertz CT molecular complexity index is 2520. The Kier molecular flexibility index (Phi) is 10.6. The van der Waals surface area contributed by atoms with Crippen LogP contribution in [0.2, 0.25) is 0 Å². The molecule has 1 saturated heterocycles. The van der Waals surface area contributed by atoms with Crippen molar-refractivity contribution in [3.8, 4) is 11.5 Å². The summed E-state index contributed by atoms with van der Waals surface area (Å²) in [6, 6.07) is 7.10. The summed E-state index contributed by atoms with van der Waals surface area (Å²) < 4.78 is 66.9. The zero-order valence-electron chi connectivity index (χ0n) is 33.2. The number of amides is 4. The molecule has 4 aromatic rings. The number of furan rings is 1. The van der Waals surface area contributed by atoms with Gasteiger partial charge in [-0.15, -0.1) is 0 Å². The number of nitrogens with one attached hydrogen (secondary N) is 3. The lowest BCUT2D eigenvalue weighted by molar-refractivity contribution is -0.141. The lowest BCUT2D eigenvalue weighted by atomic mass is 10.0. The molecule has 60 heavy (non-hydrogen) atoms. The smallest absolute Gasteiger partial charge is 0.408 e. The largest absolute Gasteiger partial charge is 0.497 e. The summed E-state index contributed by atoms with van der Waals surface area (Å²) in [7, 11) is -2.40. The Labute approximate surface area is 345 Å². The number of alkyl carbamates (subject to hydrolysis) is 1. The van der Waals surface area contributed by atoms with Gasteiger partial charge >= 0.3 is 6.09 Å². The lowest BCUT2D eigenvalue weighted by Crippen LogP contribution is -2.58. The first kappa shape index (κ1) is 40.0. The summed E-state index contributed by atoms with van der Waals surface area (Å²) in [6.07, 6.45) is 9.48. The van der Waals surface area contributed by atoms with E-state index in [0.717, 1.165) is 38.5 Å². The van der Waals surface area contributed by atoms with Crippen molar-refractivity contribution in [1.29, 1.82) is 0 Å². The number of fused-ring (bicyclic) bond motifs is 6. The van der Waals surface area contributed by atoms with Crippen LogP contribution in [0.15, 0.2) is 53.0 Å². The number of halogens is 1. The van der Waals surface area contributed by atoms with Gasteiger partial charge in [0.05, 0.1) is 24.4 Å². The van der Waals surface area contributed by atoms with Crippen molar-refractivity contribution in [2.24, 2.45) is 5.92 Å². The highest BCUT2D eigenvalue weighted by molar-refractivity contribution is 7.91. The molecule has 4 amide bonds. The summed E-state index contributed by atoms with van der Waals surface area (Å²) in [5.41, 5.74) is -0.130. The van der Waals surface area contributed by atoms with Gasteiger partial charge < -0.3 is 34.2 Å². The van der Waals surface area contributed by atoms with Crippen LogP contribution in [0.1, 0.15) is 83.5 Å². The van der Waals surface area contributed by atoms with E-state index in [-0.39, 0.29) is 43.2 Å². The van der Waals surface area contributed by atoms with Crippen molar-refractivity contribution >= 4 is 66.8 Å². The fourth-order valence-electron chi connectivity index (χ4n) is 8.95. The zero-order valence-corrected chi connectivity index (χ0v) is 34.1. The number of carbonyl (C=O) groups is 4. The van der Waals surface area contributed by atoms with Crippen LogP contribution in [0.5, 0.6) is 11.5 Å². The number of benzene rings is 2. The van der Waals surface area contributed by atoms with Crippen molar-refractivity contribution in [3.63, 3.8) is 0 Å². The summed E-state index contributed by atoms with van der Waals surface area (Å²) in [5.74, 6) is -2.22. The van der Waals surface area contributed by atoms with Gasteiger partial charge in [0.25, 0.3) is 5.91 Å². The second kappa shape index (κ2) is 15.9. The topological polar surface area (TPSA) is 195 Å². The van der Waals surface area contributed by atoms with Gasteiger partial charge in [-0.1, -0.05) is 25.0 Å². The van der Waals surface area contributed by atoms with Gasteiger partial charge in [0.1, 0.15) is 52.5 Å². The molecule has 4 fully saturated rings. The molecule has 15 nitrogen and oxygen atoms in total. The van der Waals surface area contributed by atoms with Gasteiger partial charge in [0.2, 0.25) is 21.8 Å². The van der Waals surface area contributed by atoms with Gasteiger partial charge in [0, 0.05) is 35.2 Å². The molecule has 3 N–H and O–H groups in total. The fraction of sp³-hybridized carbons (Fsp3) is 0.512. The fourth-order valence-corrected chi connectivity index (χ4v) is 10.3. The minimum absolute atomic E-state index is 0.0457. The molecule has 0 spiro atoms. The van der Waals surface area contributed by atoms with E-state index in [1.807, 2.05) is 12.2 Å². The van der Waals surface area contributed by atoms with Crippen molar-refractivity contribution in [3.05, 3.63) is 54.4 Å². The minimum atomic E-state index is -3.94. The number of rotatable bonds is 8. The molecule has 318 valence electrons. The summed E-state index contributed by atoms with van der Waals surface area (Å²) in [5, 5.41) is 6.10. The van der Waals surface area contributed by atoms with E-state index in [2.05, 4.69) is 15.4 Å². The van der Waals surface area contributed by atoms with E-state index >= 15 is 0 Å². The van der Waals surface area contributed by atoms with Gasteiger partial charge in [-0.3, -0.25) is 19.1 Å². The quantitative estimate of drug-likeness (QED) is 0.185. The third-order valence-corrected chi connectivity index (χ3v) is 14.3. The molecule has 3 aliphatic carbocycles. The first-order chi connectivity index (χ1) is 28.9. The van der Waals surface area contributed by atoms with Crippen LogP contribution in [0.25, 0.3) is 33.0 Å². The van der Waals surface area contributed by atoms with E-state index in [4.69, 9.17) is 23.6 Å². The number of aromatic nitrogens is 1. The Balaban J connectivity index is 1.07. The van der Waals surface area contributed by atoms with Crippen LogP contribution >= 0.6 is 0 Å². The highest BCUT2D eigenvalue weighted by atomic mass is 32.2. The third-order valence-electron chi connectivity index (χ3n) is 12.5. The number of pyridine rings is 1. The second-order valence-electron chi connectivity index (χ2n) is 16.7. The van der Waals surface area contributed by atoms with Crippen LogP contribution in [0.3, 0.4) is 0 Å². The van der Waals surface area contributed by atoms with Crippen LogP contribution in [0, 0.1) is 11.7 Å². The number of carbonyl (C=O) groups excluding carboxylic acids is 4. The Morgan fingerprint density at radius 3 is 2.55 bits per heavy atom. The molecule has 9 rings (SSSR count). The predicted molar refractivity (Wildman–Crippen MR) is 217 cm³/mol. The van der Waals surface area contributed by atoms with E-state index < -0.39 is 74.5 Å². The van der Waals surface area contributed by atoms with Crippen LogP contribution < -0.4 is 24.8 Å². The molecule has 2 aliphatic heterocycles. The monoisotopic (exact) mass is 845 g/mol. The molecule has 5 atom stereocenters. The molecule has 0 unspecified atom stereocenters. The lowest BCUT2D eigenvalue weighted by Gasteiger charge is -2.30. The molecule has 0 bridgehead atoms. The normalized spacial score (nSPS) is 27.1. The number of hydrogen-bond donors (Lipinski definition) is 3. The number of hydrogen-bond acceptors (Lipinski definition) is 11. The minimum Gasteiger partial charge on any atom is -0.497 e. The Morgan fingerprint density at radius 2 is 1.77 bits per heavy atom. The van der Waals surface area contributed by atoms with Crippen LogP contribution in [0.4, 0.5) is 9.18 Å². The number of ether oxygens (including phenoxy) is 3. The van der Waals surface area contributed by atoms with Gasteiger partial charge in [0.15, 0.2) is 11.3 Å². The standard InChI is InChI=1S/C43H48FN5O10S/c1-56-27-14-18-31-35(21-27)59-38-36(31)45-33-19-25(44)13-17-30(33)37(38)57-28-20-34-39(50)47-43(41(52)48-60(54,55)29-15-16-29)22-24(43)9-5-3-2-4-6-12-32(40(51)49(34)23-28)46-42(53)58-26-10-7-8-11-26/h5,9,13-14,17-19,21,24,26,28-29,32,34H,2-4,6-8,10-12,15-16,20,22-23H2,1H3,(H,46,53)(H,47,50)(H,48,52)/b9-5-/t24-,28-,32+,34+,43-/m1/s1. The van der Waals surface area contributed by atoms with E-state index in [9.17, 15) is 32.0 Å². The first-order valence-corrected chi connectivity index (χ1v) is 22.5. The highest BCUT2D eigenvalue weighted by Crippen LogP contribution is 2.46. The molecule has 2 aromatic heterocycles. The third kappa shape index (κ3) is 7.83. The number of sulfonamides is 1. The van der Waals surface area contributed by atoms with Gasteiger partial charge in [-0.05, 0) is 88.5 Å². The van der Waals surface area contributed by atoms with Crippen LogP contribution in [-0.4, -0.2) is 90.9 Å². The molecule has 4 heterocycles. The van der Waals surface area contributed by atoms with E-state index in [1.54, 1.807) is 18.2 Å². The van der Waals surface area contributed by atoms with Crippen LogP contribution in [-0.2, 0) is 29.1 Å². The molecular weight excluding hydrogens is 798 g/mol. The molecule has 0 radical (unpaired) electrons. The number of methoxy groups -OCH3 is 1. The molecule has 5 aliphatic rings. The van der Waals surface area contributed by atoms with Crippen molar-refractivity contribution < 1.29 is 50.6 Å². The SMILES string of the molecule is COc1ccc2c(c1)oc1c(O[C@@H]3C[C@H]4C(=O)N[C@]5(C(=O)NS(=O)(=O)C6CC6)C[C@H]5/C=C\CCCCC[C@H](NC(=O)OC5CCCC5)C(=O)N4C3)c3ccc(F)cc3nc12. The highest BCUT2D eigenvalue weighted by Gasteiger charge is 2.62. The van der Waals surface area contributed by atoms with E-state index in [1.165, 1.54) is 30.2 Å². The molecule has 2 aromatic carbocycles. The Morgan fingerprint density at radius 1 is 0.983 bits per heavy atom. The average molecular weight is 846 g/mol. The summed E-state index contributed by atoms with van der Waals surface area (Å²) in [4.78, 5) is 62.6. The van der Waals surface area contributed by atoms with Crippen molar-refractivity contribution in [1.82, 2.24) is 25.2 Å². The van der Waals surface area contributed by atoms with Crippen molar-refractivity contribution in [2.45, 2.75) is 119 Å². The predicted octanol–water partition coefficient (Wildman–Crippen LogP) is 5.67. The van der Waals surface area contributed by atoms with Crippen molar-refractivity contribution in [2.75, 3.05) is 13.7 Å². The maximum atomic E-state index is 14.8. The molecule has 17 heteroatoms. The summed E-state index contributed by atoms with van der Waals surface area (Å²) in [6.45, 7) is -0.105. The number of allylic oxidation sites excluding steroid dienone is 1. The number of nitrogens with zero attached hydrogens (tertiary/aromatic N) is 2. The van der Waals surface area contributed by atoms with Gasteiger partial charge in [-0.2, -0.15) is 0 Å². The average Bonchev–Trinajstić information content (AvgIpc) is 4.04. The maximum absolute atomic E-state index is 14.8. The maximum Gasteiger partial charge on any atom is 0.408 e. The summed E-state index contributed by atoms with van der Waals surface area (Å²) >= 11 is 0. The first-order valence-electron chi connectivity index (χ1n) is 20.9. The second-order valence-corrected chi connectivity index (χ2v) is 18.7. The van der Waals surface area contributed by atoms with Gasteiger partial charge in [-0.25, -0.2) is 22.6 Å². The van der Waals surface area contributed by atoms with E-state index in [0.29, 0.717) is 58.8 Å².